The quantitative estimate of drug-likeness (QED) is 0.683. The first-order valence-electron chi connectivity index (χ1n) is 6.41. The second kappa shape index (κ2) is 4.11. The van der Waals surface area contributed by atoms with E-state index in [-0.39, 0.29) is 17.7 Å². The molecular formula is C13H23NO2. The van der Waals surface area contributed by atoms with E-state index in [1.54, 1.807) is 0 Å². The lowest BCUT2D eigenvalue weighted by Crippen LogP contribution is -2.57. The van der Waals surface area contributed by atoms with E-state index in [1.807, 2.05) is 0 Å². The third-order valence-corrected chi connectivity index (χ3v) is 3.99. The standard InChI is InChI=1S/C13H23NO2/c1-9(2)14-6-5-12(15)13(14)7-10(3)16-11(4)8-13/h9-11H,5-8H2,1-4H3/t10-,11+,13?. The largest absolute Gasteiger partial charge is 0.375 e. The molecule has 0 aromatic heterocycles. The topological polar surface area (TPSA) is 29.5 Å². The van der Waals surface area contributed by atoms with Crippen LogP contribution < -0.4 is 0 Å². The summed E-state index contributed by atoms with van der Waals surface area (Å²) in [6.07, 6.45) is 2.86. The molecule has 0 radical (unpaired) electrons. The predicted molar refractivity (Wildman–Crippen MR) is 63.4 cm³/mol. The number of carbonyl (C=O) groups excluding carboxylic acids is 1. The number of Topliss-reactive ketones (excluding diaryl/α,β-unsaturated/α-hetero) is 1. The van der Waals surface area contributed by atoms with Crippen molar-refractivity contribution in [3.8, 4) is 0 Å². The maximum atomic E-state index is 12.3. The number of ether oxygens (including phenoxy) is 1. The number of likely N-dealkylation sites (tertiary alicyclic amines) is 1. The minimum atomic E-state index is -0.217. The van der Waals surface area contributed by atoms with Crippen molar-refractivity contribution in [2.75, 3.05) is 6.54 Å². The first kappa shape index (κ1) is 12.1. The van der Waals surface area contributed by atoms with Crippen molar-refractivity contribution in [2.24, 2.45) is 0 Å². The van der Waals surface area contributed by atoms with Crippen LogP contribution in [0, 0.1) is 0 Å². The van der Waals surface area contributed by atoms with E-state index in [1.165, 1.54) is 0 Å². The average Bonchev–Trinajstić information content (AvgIpc) is 2.42. The Kier molecular flexibility index (Phi) is 3.10. The molecule has 0 amide bonds. The number of ketones is 1. The molecule has 16 heavy (non-hydrogen) atoms. The number of hydrogen-bond acceptors (Lipinski definition) is 3. The first-order chi connectivity index (χ1) is 7.45. The monoisotopic (exact) mass is 225 g/mol. The molecule has 2 aliphatic rings. The molecule has 3 atom stereocenters. The van der Waals surface area contributed by atoms with Crippen molar-refractivity contribution < 1.29 is 9.53 Å². The van der Waals surface area contributed by atoms with Gasteiger partial charge in [0.1, 0.15) is 0 Å². The first-order valence-corrected chi connectivity index (χ1v) is 6.41. The minimum absolute atomic E-state index is 0.201. The van der Waals surface area contributed by atoms with E-state index in [0.29, 0.717) is 11.8 Å². The maximum absolute atomic E-state index is 12.3. The van der Waals surface area contributed by atoms with E-state index in [2.05, 4.69) is 32.6 Å². The van der Waals surface area contributed by atoms with Crippen molar-refractivity contribution in [3.05, 3.63) is 0 Å². The van der Waals surface area contributed by atoms with Gasteiger partial charge in [0.2, 0.25) is 0 Å². The highest BCUT2D eigenvalue weighted by Crippen LogP contribution is 2.40. The summed E-state index contributed by atoms with van der Waals surface area (Å²) < 4.78 is 5.77. The molecule has 0 N–H and O–H groups in total. The fraction of sp³-hybridized carbons (Fsp3) is 0.923. The van der Waals surface area contributed by atoms with Crippen LogP contribution in [0.25, 0.3) is 0 Å². The molecule has 1 unspecified atom stereocenters. The Labute approximate surface area is 98.1 Å². The highest BCUT2D eigenvalue weighted by atomic mass is 16.5. The third kappa shape index (κ3) is 1.80. The van der Waals surface area contributed by atoms with Crippen LogP contribution in [0.4, 0.5) is 0 Å². The van der Waals surface area contributed by atoms with Crippen LogP contribution in [-0.2, 0) is 9.53 Å². The SMILES string of the molecule is CC(C)N1CCC(=O)C12C[C@@H](C)O[C@@H](C)C2. The Morgan fingerprint density at radius 1 is 1.31 bits per heavy atom. The molecular weight excluding hydrogens is 202 g/mol. The highest BCUT2D eigenvalue weighted by molar-refractivity contribution is 5.91. The van der Waals surface area contributed by atoms with Gasteiger partial charge in [0.25, 0.3) is 0 Å². The van der Waals surface area contributed by atoms with Crippen molar-refractivity contribution in [3.63, 3.8) is 0 Å². The minimum Gasteiger partial charge on any atom is -0.375 e. The summed E-state index contributed by atoms with van der Waals surface area (Å²) in [6.45, 7) is 9.47. The smallest absolute Gasteiger partial charge is 0.154 e. The molecule has 2 fully saturated rings. The van der Waals surface area contributed by atoms with Crippen LogP contribution in [0.15, 0.2) is 0 Å². The Bertz CT molecular complexity index is 278. The van der Waals surface area contributed by atoms with Crippen LogP contribution in [0.1, 0.15) is 47.0 Å². The lowest BCUT2D eigenvalue weighted by molar-refractivity contribution is -0.142. The molecule has 2 heterocycles. The molecule has 3 nitrogen and oxygen atoms in total. The van der Waals surface area contributed by atoms with Crippen LogP contribution in [0.3, 0.4) is 0 Å². The normalized spacial score (nSPS) is 41.2. The van der Waals surface area contributed by atoms with Gasteiger partial charge in [-0.3, -0.25) is 9.69 Å². The van der Waals surface area contributed by atoms with Crippen LogP contribution in [0.5, 0.6) is 0 Å². The Morgan fingerprint density at radius 3 is 2.38 bits per heavy atom. The second-order valence-corrected chi connectivity index (χ2v) is 5.66. The average molecular weight is 225 g/mol. The van der Waals surface area contributed by atoms with E-state index in [0.717, 1.165) is 25.8 Å². The molecule has 3 heteroatoms. The summed E-state index contributed by atoms with van der Waals surface area (Å²) in [5, 5.41) is 0. The summed E-state index contributed by atoms with van der Waals surface area (Å²) in [7, 11) is 0. The Morgan fingerprint density at radius 2 is 1.88 bits per heavy atom. The summed E-state index contributed by atoms with van der Waals surface area (Å²) in [4.78, 5) is 14.7. The van der Waals surface area contributed by atoms with Gasteiger partial charge in [-0.1, -0.05) is 0 Å². The van der Waals surface area contributed by atoms with Crippen molar-refractivity contribution in [1.82, 2.24) is 4.90 Å². The van der Waals surface area contributed by atoms with Gasteiger partial charge in [-0.25, -0.2) is 0 Å². The van der Waals surface area contributed by atoms with Gasteiger partial charge in [-0.05, 0) is 40.5 Å². The van der Waals surface area contributed by atoms with E-state index >= 15 is 0 Å². The third-order valence-electron chi connectivity index (χ3n) is 3.99. The van der Waals surface area contributed by atoms with Crippen molar-refractivity contribution in [2.45, 2.75) is 70.7 Å². The van der Waals surface area contributed by atoms with E-state index in [9.17, 15) is 4.79 Å². The Balaban J connectivity index is 2.28. The van der Waals surface area contributed by atoms with Gasteiger partial charge in [-0.15, -0.1) is 0 Å². The van der Waals surface area contributed by atoms with E-state index < -0.39 is 0 Å². The summed E-state index contributed by atoms with van der Waals surface area (Å²) in [6, 6.07) is 0.448. The Hall–Kier alpha value is -0.410. The lowest BCUT2D eigenvalue weighted by Gasteiger charge is -2.46. The molecule has 92 valence electrons. The van der Waals surface area contributed by atoms with Crippen LogP contribution in [-0.4, -0.2) is 41.0 Å². The molecule has 0 aromatic carbocycles. The molecule has 2 aliphatic heterocycles. The van der Waals surface area contributed by atoms with Gasteiger partial charge in [-0.2, -0.15) is 0 Å². The molecule has 0 aromatic rings. The predicted octanol–water partition coefficient (Wildman–Crippen LogP) is 2.00. The van der Waals surface area contributed by atoms with Crippen LogP contribution >= 0.6 is 0 Å². The molecule has 2 rings (SSSR count). The molecule has 0 aliphatic carbocycles. The number of nitrogens with zero attached hydrogens (tertiary/aromatic N) is 1. The molecule has 0 saturated carbocycles. The van der Waals surface area contributed by atoms with E-state index in [4.69, 9.17) is 4.74 Å². The number of rotatable bonds is 1. The fourth-order valence-electron chi connectivity index (χ4n) is 3.57. The van der Waals surface area contributed by atoms with Crippen molar-refractivity contribution >= 4 is 5.78 Å². The lowest BCUT2D eigenvalue weighted by atomic mass is 9.80. The maximum Gasteiger partial charge on any atom is 0.154 e. The zero-order chi connectivity index (χ0) is 11.9. The fourth-order valence-corrected chi connectivity index (χ4v) is 3.57. The summed E-state index contributed by atoms with van der Waals surface area (Å²) in [5.74, 6) is 0.434. The second-order valence-electron chi connectivity index (χ2n) is 5.66. The molecule has 1 spiro atoms. The van der Waals surface area contributed by atoms with Crippen LogP contribution in [0.2, 0.25) is 0 Å². The summed E-state index contributed by atoms with van der Waals surface area (Å²) in [5.41, 5.74) is -0.217. The van der Waals surface area contributed by atoms with Gasteiger partial charge in [0.05, 0.1) is 17.7 Å². The van der Waals surface area contributed by atoms with Gasteiger partial charge >= 0.3 is 0 Å². The molecule has 2 saturated heterocycles. The number of carbonyl (C=O) groups is 1. The highest BCUT2D eigenvalue weighted by Gasteiger charge is 2.52. The zero-order valence-electron chi connectivity index (χ0n) is 10.8. The summed E-state index contributed by atoms with van der Waals surface area (Å²) >= 11 is 0. The zero-order valence-corrected chi connectivity index (χ0v) is 10.8. The van der Waals surface area contributed by atoms with Gasteiger partial charge in [0, 0.05) is 19.0 Å². The van der Waals surface area contributed by atoms with Crippen molar-refractivity contribution in [1.29, 1.82) is 0 Å². The molecule has 0 bridgehead atoms. The van der Waals surface area contributed by atoms with Gasteiger partial charge in [0.15, 0.2) is 5.78 Å². The van der Waals surface area contributed by atoms with Gasteiger partial charge < -0.3 is 4.74 Å². The number of hydrogen-bond donors (Lipinski definition) is 0.